The number of nitrogens with zero attached hydrogens (tertiary/aromatic N) is 3. The van der Waals surface area contributed by atoms with E-state index in [4.69, 9.17) is 14.5 Å². The maximum atomic E-state index is 12.8. The van der Waals surface area contributed by atoms with Gasteiger partial charge in [-0.25, -0.2) is 18.4 Å². The number of hydrogen-bond acceptors (Lipinski definition) is 8. The minimum Gasteiger partial charge on any atom is -0.488 e. The molecule has 0 saturated carbocycles. The zero-order chi connectivity index (χ0) is 23.5. The molecule has 5 rings (SSSR count). The fraction of sp³-hybridized carbons (Fsp3) is 0.417. The minimum atomic E-state index is -3.53. The molecule has 0 unspecified atom stereocenters. The van der Waals surface area contributed by atoms with Crippen molar-refractivity contribution in [3.05, 3.63) is 48.2 Å². The number of aromatic nitrogens is 2. The van der Waals surface area contributed by atoms with Crippen molar-refractivity contribution in [1.82, 2.24) is 19.6 Å². The topological polar surface area (TPSA) is 106 Å². The Kier molecular flexibility index (Phi) is 6.64. The van der Waals surface area contributed by atoms with Crippen LogP contribution in [0.25, 0.3) is 10.9 Å². The maximum Gasteiger partial charge on any atom is 0.243 e. The highest BCUT2D eigenvalue weighted by atomic mass is 32.2. The number of fused-ring (bicyclic) bond motifs is 1. The summed E-state index contributed by atoms with van der Waals surface area (Å²) in [5.41, 5.74) is 2.55. The molecular formula is C24H29N5O4S. The molecule has 34 heavy (non-hydrogen) atoms. The summed E-state index contributed by atoms with van der Waals surface area (Å²) in [5.74, 6) is 1.18. The Labute approximate surface area is 199 Å². The second kappa shape index (κ2) is 9.83. The molecule has 2 aliphatic heterocycles. The van der Waals surface area contributed by atoms with Gasteiger partial charge in [0.1, 0.15) is 17.4 Å². The summed E-state index contributed by atoms with van der Waals surface area (Å²) in [5, 5.41) is 7.49. The van der Waals surface area contributed by atoms with Crippen LogP contribution in [-0.4, -0.2) is 68.2 Å². The van der Waals surface area contributed by atoms with Crippen LogP contribution < -0.4 is 15.4 Å². The van der Waals surface area contributed by atoms with Crippen LogP contribution in [0.5, 0.6) is 5.75 Å². The molecule has 10 heteroatoms. The first-order chi connectivity index (χ1) is 16.5. The molecule has 2 saturated heterocycles. The van der Waals surface area contributed by atoms with Gasteiger partial charge in [-0.15, -0.1) is 0 Å². The van der Waals surface area contributed by atoms with E-state index in [0.29, 0.717) is 37.9 Å². The van der Waals surface area contributed by atoms with Crippen molar-refractivity contribution < 1.29 is 17.9 Å². The smallest absolute Gasteiger partial charge is 0.243 e. The van der Waals surface area contributed by atoms with Gasteiger partial charge in [0.2, 0.25) is 16.0 Å². The average Bonchev–Trinajstić information content (AvgIpc) is 2.87. The van der Waals surface area contributed by atoms with Gasteiger partial charge >= 0.3 is 0 Å². The van der Waals surface area contributed by atoms with Gasteiger partial charge in [0, 0.05) is 30.4 Å². The third kappa shape index (κ3) is 4.85. The van der Waals surface area contributed by atoms with Crippen molar-refractivity contribution in [2.45, 2.75) is 30.8 Å². The molecule has 0 spiro atoms. The van der Waals surface area contributed by atoms with Crippen LogP contribution in [0, 0.1) is 6.92 Å². The lowest BCUT2D eigenvalue weighted by Crippen LogP contribution is -2.40. The second-order valence-corrected chi connectivity index (χ2v) is 10.5. The maximum absolute atomic E-state index is 12.8. The standard InChI is InChI=1S/C24H29N5O4S/c1-17-2-7-22(33-19-8-10-25-11-9-19)23-21(17)16-26-24(28-23)27-18-3-5-20(6-4-18)34(30,31)29-12-14-32-15-13-29/h2-7,16,19,25H,8-15H2,1H3,(H,26,27,28). The first kappa shape index (κ1) is 23.0. The van der Waals surface area contributed by atoms with Crippen LogP contribution in [0.3, 0.4) is 0 Å². The number of hydrogen-bond donors (Lipinski definition) is 2. The van der Waals surface area contributed by atoms with Gasteiger partial charge in [-0.3, -0.25) is 0 Å². The van der Waals surface area contributed by atoms with E-state index >= 15 is 0 Å². The predicted octanol–water partition coefficient (Wildman–Crippen LogP) is 2.83. The van der Waals surface area contributed by atoms with Gasteiger partial charge in [-0.1, -0.05) is 6.07 Å². The quantitative estimate of drug-likeness (QED) is 0.551. The Morgan fingerprint density at radius 1 is 1.09 bits per heavy atom. The molecule has 9 nitrogen and oxygen atoms in total. The Balaban J connectivity index is 1.36. The molecule has 2 aliphatic rings. The molecule has 3 aromatic rings. The van der Waals surface area contributed by atoms with Gasteiger partial charge in [-0.05, 0) is 68.8 Å². The molecule has 0 bridgehead atoms. The van der Waals surface area contributed by atoms with E-state index in [1.54, 1.807) is 30.5 Å². The van der Waals surface area contributed by atoms with Gasteiger partial charge in [0.15, 0.2) is 0 Å². The van der Waals surface area contributed by atoms with Crippen molar-refractivity contribution >= 4 is 32.6 Å². The Hall–Kier alpha value is -2.79. The largest absolute Gasteiger partial charge is 0.488 e. The van der Waals surface area contributed by atoms with E-state index in [1.807, 2.05) is 19.1 Å². The number of sulfonamides is 1. The number of aryl methyl sites for hydroxylation is 1. The summed E-state index contributed by atoms with van der Waals surface area (Å²) in [6.07, 6.45) is 3.89. The molecule has 0 aliphatic carbocycles. The summed E-state index contributed by atoms with van der Waals surface area (Å²) in [7, 11) is -3.53. The zero-order valence-electron chi connectivity index (χ0n) is 19.2. The van der Waals surface area contributed by atoms with E-state index in [2.05, 4.69) is 15.6 Å². The lowest BCUT2D eigenvalue weighted by Gasteiger charge is -2.26. The van der Waals surface area contributed by atoms with Crippen LogP contribution in [0.1, 0.15) is 18.4 Å². The average molecular weight is 484 g/mol. The molecule has 1 aromatic heterocycles. The van der Waals surface area contributed by atoms with Crippen LogP contribution in [-0.2, 0) is 14.8 Å². The summed E-state index contributed by atoms with van der Waals surface area (Å²) < 4.78 is 38.7. The number of piperidine rings is 1. The Morgan fingerprint density at radius 2 is 1.82 bits per heavy atom. The third-order valence-corrected chi connectivity index (χ3v) is 8.14. The molecule has 2 fully saturated rings. The number of nitrogens with one attached hydrogen (secondary N) is 2. The summed E-state index contributed by atoms with van der Waals surface area (Å²) in [6.45, 7) is 5.51. The van der Waals surface area contributed by atoms with Gasteiger partial charge in [0.05, 0.1) is 18.1 Å². The highest BCUT2D eigenvalue weighted by molar-refractivity contribution is 7.89. The monoisotopic (exact) mass is 483 g/mol. The summed E-state index contributed by atoms with van der Waals surface area (Å²) >= 11 is 0. The van der Waals surface area contributed by atoms with Gasteiger partial charge < -0.3 is 20.1 Å². The lowest BCUT2D eigenvalue weighted by molar-refractivity contribution is 0.0730. The fourth-order valence-electron chi connectivity index (χ4n) is 4.25. The van der Waals surface area contributed by atoms with E-state index in [-0.39, 0.29) is 11.0 Å². The summed E-state index contributed by atoms with van der Waals surface area (Å²) in [6, 6.07) is 10.7. The normalized spacial score (nSPS) is 18.1. The van der Waals surface area contributed by atoms with Crippen LogP contribution >= 0.6 is 0 Å². The van der Waals surface area contributed by atoms with Gasteiger partial charge in [0.25, 0.3) is 0 Å². The highest BCUT2D eigenvalue weighted by Gasteiger charge is 2.26. The molecule has 3 heterocycles. The first-order valence-electron chi connectivity index (χ1n) is 11.6. The number of morpholine rings is 1. The van der Waals surface area contributed by atoms with E-state index in [9.17, 15) is 8.42 Å². The Bertz CT molecular complexity index is 1250. The van der Waals surface area contributed by atoms with Crippen LogP contribution in [0.4, 0.5) is 11.6 Å². The van der Waals surface area contributed by atoms with Crippen molar-refractivity contribution in [2.75, 3.05) is 44.7 Å². The third-order valence-electron chi connectivity index (χ3n) is 6.23. The molecule has 180 valence electrons. The SMILES string of the molecule is Cc1ccc(OC2CCNCC2)c2nc(Nc3ccc(S(=O)(=O)N4CCOCC4)cc3)ncc12. The Morgan fingerprint density at radius 3 is 2.56 bits per heavy atom. The zero-order valence-corrected chi connectivity index (χ0v) is 20.0. The number of anilines is 2. The van der Waals surface area contributed by atoms with Crippen molar-refractivity contribution in [2.24, 2.45) is 0 Å². The minimum absolute atomic E-state index is 0.166. The fourth-order valence-corrected chi connectivity index (χ4v) is 5.66. The van der Waals surface area contributed by atoms with Gasteiger partial charge in [-0.2, -0.15) is 4.31 Å². The second-order valence-electron chi connectivity index (χ2n) is 8.57. The van der Waals surface area contributed by atoms with E-state index < -0.39 is 10.0 Å². The lowest BCUT2D eigenvalue weighted by atomic mass is 10.1. The summed E-state index contributed by atoms with van der Waals surface area (Å²) in [4.78, 5) is 9.46. The van der Waals surface area contributed by atoms with Crippen LogP contribution in [0.15, 0.2) is 47.5 Å². The van der Waals surface area contributed by atoms with E-state index in [0.717, 1.165) is 48.1 Å². The van der Waals surface area contributed by atoms with Crippen molar-refractivity contribution in [3.63, 3.8) is 0 Å². The predicted molar refractivity (Wildman–Crippen MR) is 130 cm³/mol. The number of rotatable bonds is 6. The molecule has 2 aromatic carbocycles. The van der Waals surface area contributed by atoms with E-state index in [1.165, 1.54) is 4.31 Å². The van der Waals surface area contributed by atoms with Crippen molar-refractivity contribution in [3.8, 4) is 5.75 Å². The molecule has 0 amide bonds. The number of benzene rings is 2. The molecule has 2 N–H and O–H groups in total. The molecule has 0 atom stereocenters. The highest BCUT2D eigenvalue weighted by Crippen LogP contribution is 2.30. The number of ether oxygens (including phenoxy) is 2. The first-order valence-corrected chi connectivity index (χ1v) is 13.0. The molecule has 0 radical (unpaired) electrons. The molecular weight excluding hydrogens is 454 g/mol. The van der Waals surface area contributed by atoms with Crippen molar-refractivity contribution in [1.29, 1.82) is 0 Å². The van der Waals surface area contributed by atoms with Crippen LogP contribution in [0.2, 0.25) is 0 Å².